The summed E-state index contributed by atoms with van der Waals surface area (Å²) in [7, 11) is 0. The minimum Gasteiger partial charge on any atom is -0.478 e. The predicted molar refractivity (Wildman–Crippen MR) is 87.1 cm³/mol. The Balaban J connectivity index is 2.26. The summed E-state index contributed by atoms with van der Waals surface area (Å²) in [5, 5.41) is 9.45. The molecular formula is C18H27NO2. The third-order valence-corrected chi connectivity index (χ3v) is 4.74. The molecule has 0 amide bonds. The Kier molecular flexibility index (Phi) is 4.60. The first kappa shape index (κ1) is 15.9. The molecule has 1 N–H and O–H groups in total. The highest BCUT2D eigenvalue weighted by Gasteiger charge is 2.28. The summed E-state index contributed by atoms with van der Waals surface area (Å²) in [5.74, 6) is -0.120. The number of aryl methyl sites for hydroxylation is 1. The van der Waals surface area contributed by atoms with Gasteiger partial charge in [-0.1, -0.05) is 32.9 Å². The van der Waals surface area contributed by atoms with Crippen molar-refractivity contribution in [2.24, 2.45) is 11.3 Å². The van der Waals surface area contributed by atoms with Crippen LogP contribution >= 0.6 is 0 Å². The van der Waals surface area contributed by atoms with Gasteiger partial charge < -0.3 is 10.0 Å². The van der Waals surface area contributed by atoms with Gasteiger partial charge in [0.05, 0.1) is 11.3 Å². The topological polar surface area (TPSA) is 40.5 Å². The van der Waals surface area contributed by atoms with Crippen molar-refractivity contribution in [1.29, 1.82) is 0 Å². The van der Waals surface area contributed by atoms with Gasteiger partial charge in [0, 0.05) is 13.1 Å². The number of benzene rings is 1. The monoisotopic (exact) mass is 289 g/mol. The molecule has 0 aromatic heterocycles. The summed E-state index contributed by atoms with van der Waals surface area (Å²) in [4.78, 5) is 13.8. The molecule has 1 aromatic carbocycles. The number of rotatable bonds is 2. The van der Waals surface area contributed by atoms with Gasteiger partial charge in [0.2, 0.25) is 0 Å². The first-order chi connectivity index (χ1) is 9.80. The first-order valence-electron chi connectivity index (χ1n) is 7.88. The summed E-state index contributed by atoms with van der Waals surface area (Å²) in [6.07, 6.45) is 3.50. The highest BCUT2D eigenvalue weighted by Crippen LogP contribution is 2.36. The van der Waals surface area contributed by atoms with E-state index in [4.69, 9.17) is 0 Å². The van der Waals surface area contributed by atoms with Crippen molar-refractivity contribution in [2.45, 2.75) is 47.0 Å². The van der Waals surface area contributed by atoms with Crippen LogP contribution in [0, 0.1) is 18.3 Å². The van der Waals surface area contributed by atoms with Gasteiger partial charge in [0.25, 0.3) is 0 Å². The Morgan fingerprint density at radius 1 is 1.24 bits per heavy atom. The number of aromatic carboxylic acids is 1. The normalized spacial score (nSPS) is 20.2. The maximum atomic E-state index is 11.5. The average molecular weight is 289 g/mol. The molecule has 0 spiro atoms. The van der Waals surface area contributed by atoms with E-state index in [1.54, 1.807) is 6.07 Å². The van der Waals surface area contributed by atoms with Gasteiger partial charge in [-0.3, -0.25) is 0 Å². The Labute approximate surface area is 128 Å². The van der Waals surface area contributed by atoms with Crippen LogP contribution in [0.15, 0.2) is 18.2 Å². The molecule has 3 nitrogen and oxygen atoms in total. The lowest BCUT2D eigenvalue weighted by Gasteiger charge is -2.30. The van der Waals surface area contributed by atoms with Crippen LogP contribution in [-0.4, -0.2) is 24.2 Å². The Morgan fingerprint density at radius 3 is 2.57 bits per heavy atom. The molecule has 0 saturated carbocycles. The van der Waals surface area contributed by atoms with Crippen LogP contribution in [0.1, 0.15) is 56.0 Å². The van der Waals surface area contributed by atoms with Crippen molar-refractivity contribution in [3.05, 3.63) is 29.3 Å². The van der Waals surface area contributed by atoms with Crippen molar-refractivity contribution in [1.82, 2.24) is 0 Å². The van der Waals surface area contributed by atoms with Crippen LogP contribution in [0.5, 0.6) is 0 Å². The second-order valence-electron chi connectivity index (χ2n) is 7.26. The highest BCUT2D eigenvalue weighted by atomic mass is 16.4. The van der Waals surface area contributed by atoms with Gasteiger partial charge in [-0.25, -0.2) is 4.79 Å². The Bertz CT molecular complexity index is 516. The van der Waals surface area contributed by atoms with Crippen molar-refractivity contribution in [3.63, 3.8) is 0 Å². The van der Waals surface area contributed by atoms with E-state index in [9.17, 15) is 9.90 Å². The summed E-state index contributed by atoms with van der Waals surface area (Å²) < 4.78 is 0. The van der Waals surface area contributed by atoms with Crippen molar-refractivity contribution in [3.8, 4) is 0 Å². The minimum absolute atomic E-state index is 0.331. The molecule has 2 rings (SSSR count). The maximum absolute atomic E-state index is 11.5. The van der Waals surface area contributed by atoms with Gasteiger partial charge in [0.1, 0.15) is 0 Å². The third-order valence-electron chi connectivity index (χ3n) is 4.74. The lowest BCUT2D eigenvalue weighted by molar-refractivity contribution is 0.0697. The zero-order valence-corrected chi connectivity index (χ0v) is 13.6. The van der Waals surface area contributed by atoms with E-state index in [0.717, 1.165) is 37.2 Å². The van der Waals surface area contributed by atoms with Gasteiger partial charge in [-0.05, 0) is 49.1 Å². The second kappa shape index (κ2) is 6.08. The molecule has 1 heterocycles. The number of anilines is 1. The molecule has 1 aliphatic rings. The average Bonchev–Trinajstić information content (AvgIpc) is 2.63. The quantitative estimate of drug-likeness (QED) is 0.880. The number of carbonyl (C=O) groups is 1. The zero-order valence-electron chi connectivity index (χ0n) is 13.6. The molecule has 1 atom stereocenters. The minimum atomic E-state index is -0.828. The smallest absolute Gasteiger partial charge is 0.337 e. The second-order valence-corrected chi connectivity index (χ2v) is 7.26. The molecule has 116 valence electrons. The molecule has 0 radical (unpaired) electrons. The van der Waals surface area contributed by atoms with Crippen molar-refractivity contribution < 1.29 is 9.90 Å². The number of hydrogen-bond donors (Lipinski definition) is 1. The summed E-state index contributed by atoms with van der Waals surface area (Å²) in [6.45, 7) is 10.8. The molecule has 3 heteroatoms. The molecular weight excluding hydrogens is 262 g/mol. The third kappa shape index (κ3) is 3.58. The summed E-state index contributed by atoms with van der Waals surface area (Å²) in [6, 6.07) is 5.56. The lowest BCUT2D eigenvalue weighted by atomic mass is 9.77. The van der Waals surface area contributed by atoms with Crippen molar-refractivity contribution in [2.75, 3.05) is 18.0 Å². The van der Waals surface area contributed by atoms with Gasteiger partial charge in [0.15, 0.2) is 0 Å². The zero-order chi connectivity index (χ0) is 15.6. The summed E-state index contributed by atoms with van der Waals surface area (Å²) in [5.41, 5.74) is 2.74. The number of nitrogens with zero attached hydrogens (tertiary/aromatic N) is 1. The molecule has 1 aliphatic heterocycles. The van der Waals surface area contributed by atoms with Gasteiger partial charge in [-0.2, -0.15) is 0 Å². The van der Waals surface area contributed by atoms with Crippen LogP contribution in [0.3, 0.4) is 0 Å². The van der Waals surface area contributed by atoms with E-state index in [1.807, 2.05) is 19.1 Å². The van der Waals surface area contributed by atoms with Crippen LogP contribution in [0.2, 0.25) is 0 Å². The van der Waals surface area contributed by atoms with Gasteiger partial charge in [-0.15, -0.1) is 0 Å². The number of carboxylic acids is 1. The fourth-order valence-electron chi connectivity index (χ4n) is 3.44. The fraction of sp³-hybridized carbons (Fsp3) is 0.611. The van der Waals surface area contributed by atoms with Crippen LogP contribution in [0.25, 0.3) is 0 Å². The molecule has 0 bridgehead atoms. The molecule has 0 aliphatic carbocycles. The Hall–Kier alpha value is -1.51. The van der Waals surface area contributed by atoms with E-state index in [0.29, 0.717) is 16.9 Å². The van der Waals surface area contributed by atoms with E-state index in [2.05, 4.69) is 25.7 Å². The first-order valence-corrected chi connectivity index (χ1v) is 7.88. The van der Waals surface area contributed by atoms with Crippen molar-refractivity contribution >= 4 is 11.7 Å². The SMILES string of the molecule is Cc1cccc(C(=O)O)c1N1CCCC(C(C)(C)C)CC1. The van der Waals surface area contributed by atoms with E-state index in [-0.39, 0.29) is 0 Å². The molecule has 1 saturated heterocycles. The largest absolute Gasteiger partial charge is 0.478 e. The van der Waals surface area contributed by atoms with E-state index in [1.165, 1.54) is 6.42 Å². The molecule has 1 fully saturated rings. The number of carboxylic acid groups (broad SMARTS) is 1. The molecule has 1 unspecified atom stereocenters. The summed E-state index contributed by atoms with van der Waals surface area (Å²) >= 11 is 0. The van der Waals surface area contributed by atoms with Crippen LogP contribution in [-0.2, 0) is 0 Å². The number of hydrogen-bond acceptors (Lipinski definition) is 2. The maximum Gasteiger partial charge on any atom is 0.337 e. The number of para-hydroxylation sites is 1. The molecule has 1 aromatic rings. The lowest BCUT2D eigenvalue weighted by Crippen LogP contribution is -2.28. The Morgan fingerprint density at radius 2 is 1.95 bits per heavy atom. The van der Waals surface area contributed by atoms with Crippen LogP contribution < -0.4 is 4.90 Å². The standard InChI is InChI=1S/C18H27NO2/c1-13-7-5-9-15(17(20)21)16(13)19-11-6-8-14(10-12-19)18(2,3)4/h5,7,9,14H,6,8,10-12H2,1-4H3,(H,20,21). The van der Waals surface area contributed by atoms with E-state index >= 15 is 0 Å². The van der Waals surface area contributed by atoms with Gasteiger partial charge >= 0.3 is 5.97 Å². The fourth-order valence-corrected chi connectivity index (χ4v) is 3.44. The van der Waals surface area contributed by atoms with E-state index < -0.39 is 5.97 Å². The molecule has 21 heavy (non-hydrogen) atoms. The highest BCUT2D eigenvalue weighted by molar-refractivity contribution is 5.95. The predicted octanol–water partition coefficient (Wildman–Crippen LogP) is 4.35. The van der Waals surface area contributed by atoms with Crippen LogP contribution in [0.4, 0.5) is 5.69 Å².